The molecular weight excluding hydrogens is 218 g/mol. The van der Waals surface area contributed by atoms with E-state index in [4.69, 9.17) is 4.74 Å². The summed E-state index contributed by atoms with van der Waals surface area (Å²) in [6, 6.07) is 0.731. The molecule has 94 valence electrons. The number of nitrogens with one attached hydrogen (secondary N) is 1. The molecule has 0 amide bonds. The summed E-state index contributed by atoms with van der Waals surface area (Å²) < 4.78 is 5.77. The number of thioether (sulfide) groups is 1. The molecule has 16 heavy (non-hydrogen) atoms. The predicted molar refractivity (Wildman–Crippen MR) is 71.2 cm³/mol. The van der Waals surface area contributed by atoms with Gasteiger partial charge < -0.3 is 10.1 Å². The van der Waals surface area contributed by atoms with Crippen molar-refractivity contribution < 1.29 is 4.74 Å². The summed E-state index contributed by atoms with van der Waals surface area (Å²) in [5.74, 6) is 0. The second-order valence-corrected chi connectivity index (χ2v) is 6.14. The molecular formula is C13H25NOS. The van der Waals surface area contributed by atoms with Crippen LogP contribution in [0.15, 0.2) is 0 Å². The van der Waals surface area contributed by atoms with Crippen molar-refractivity contribution in [3.05, 3.63) is 0 Å². The van der Waals surface area contributed by atoms with Crippen LogP contribution in [0.4, 0.5) is 0 Å². The molecule has 2 fully saturated rings. The summed E-state index contributed by atoms with van der Waals surface area (Å²) in [6.45, 7) is 2.05. The maximum atomic E-state index is 5.77. The lowest BCUT2D eigenvalue weighted by Crippen LogP contribution is -2.44. The molecule has 0 radical (unpaired) electrons. The molecule has 2 rings (SSSR count). The molecule has 1 aliphatic heterocycles. The number of hydrogen-bond acceptors (Lipinski definition) is 3. The lowest BCUT2D eigenvalue weighted by molar-refractivity contribution is 0.0148. The molecule has 1 aliphatic carbocycles. The van der Waals surface area contributed by atoms with Crippen molar-refractivity contribution in [2.75, 3.05) is 19.4 Å². The molecule has 0 aromatic rings. The Bertz CT molecular complexity index is 194. The highest BCUT2D eigenvalue weighted by atomic mass is 32.2. The van der Waals surface area contributed by atoms with E-state index in [1.54, 1.807) is 0 Å². The van der Waals surface area contributed by atoms with E-state index >= 15 is 0 Å². The zero-order chi connectivity index (χ0) is 11.2. The van der Waals surface area contributed by atoms with Gasteiger partial charge in [0.15, 0.2) is 0 Å². The third kappa shape index (κ3) is 3.64. The maximum absolute atomic E-state index is 5.77. The maximum Gasteiger partial charge on any atom is 0.0699 e. The van der Waals surface area contributed by atoms with E-state index in [9.17, 15) is 0 Å². The minimum atomic E-state index is 0.484. The molecule has 0 aromatic carbocycles. The Morgan fingerprint density at radius 1 is 1.12 bits per heavy atom. The molecule has 0 spiro atoms. The van der Waals surface area contributed by atoms with Gasteiger partial charge >= 0.3 is 0 Å². The molecule has 1 heterocycles. The Kier molecular flexibility index (Phi) is 5.46. The zero-order valence-electron chi connectivity index (χ0n) is 10.4. The highest BCUT2D eigenvalue weighted by Crippen LogP contribution is 2.27. The highest BCUT2D eigenvalue weighted by molar-refractivity contribution is 7.99. The molecule has 0 aromatic heterocycles. The second-order valence-electron chi connectivity index (χ2n) is 5.06. The Hall–Kier alpha value is 0.270. The first-order valence-corrected chi connectivity index (χ1v) is 8.06. The molecule has 3 atom stereocenters. The Balaban J connectivity index is 1.70. The van der Waals surface area contributed by atoms with Gasteiger partial charge in [0.25, 0.3) is 0 Å². The number of hydrogen-bond donors (Lipinski definition) is 1. The Morgan fingerprint density at radius 2 is 1.94 bits per heavy atom. The van der Waals surface area contributed by atoms with Gasteiger partial charge in [0.1, 0.15) is 0 Å². The fourth-order valence-corrected chi connectivity index (χ4v) is 3.83. The van der Waals surface area contributed by atoms with Crippen molar-refractivity contribution in [2.24, 2.45) is 0 Å². The van der Waals surface area contributed by atoms with Gasteiger partial charge in [-0.05, 0) is 38.4 Å². The van der Waals surface area contributed by atoms with Crippen LogP contribution in [0, 0.1) is 0 Å². The smallest absolute Gasteiger partial charge is 0.0699 e. The van der Waals surface area contributed by atoms with Crippen molar-refractivity contribution in [1.82, 2.24) is 5.32 Å². The van der Waals surface area contributed by atoms with Crippen LogP contribution in [0.3, 0.4) is 0 Å². The standard InChI is InChI=1S/C13H25NOS/c1-16-13-8-3-2-7-12(13)14-10-11-6-4-5-9-15-11/h11-14H,2-10H2,1H3. The molecule has 0 bridgehead atoms. The van der Waals surface area contributed by atoms with Crippen LogP contribution >= 0.6 is 11.8 Å². The van der Waals surface area contributed by atoms with Gasteiger partial charge in [-0.1, -0.05) is 12.8 Å². The lowest BCUT2D eigenvalue weighted by atomic mass is 9.94. The molecule has 1 saturated heterocycles. The van der Waals surface area contributed by atoms with Gasteiger partial charge in [-0.25, -0.2) is 0 Å². The van der Waals surface area contributed by atoms with Crippen LogP contribution in [0.5, 0.6) is 0 Å². The third-order valence-corrected chi connectivity index (χ3v) is 5.06. The minimum Gasteiger partial charge on any atom is -0.377 e. The molecule has 2 nitrogen and oxygen atoms in total. The first-order chi connectivity index (χ1) is 7.90. The van der Waals surface area contributed by atoms with Gasteiger partial charge in [0.2, 0.25) is 0 Å². The van der Waals surface area contributed by atoms with Crippen molar-refractivity contribution >= 4 is 11.8 Å². The van der Waals surface area contributed by atoms with Crippen molar-refractivity contribution in [2.45, 2.75) is 62.3 Å². The largest absolute Gasteiger partial charge is 0.377 e. The predicted octanol–water partition coefficient (Wildman–Crippen LogP) is 2.82. The zero-order valence-corrected chi connectivity index (χ0v) is 11.2. The SMILES string of the molecule is CSC1CCCCC1NCC1CCCCO1. The first kappa shape index (κ1) is 12.7. The minimum absolute atomic E-state index is 0.484. The molecule has 2 aliphatic rings. The molecule has 3 heteroatoms. The van der Waals surface area contributed by atoms with Crippen LogP contribution in [-0.4, -0.2) is 36.8 Å². The van der Waals surface area contributed by atoms with E-state index in [0.29, 0.717) is 6.10 Å². The van der Waals surface area contributed by atoms with Crippen LogP contribution in [0.2, 0.25) is 0 Å². The van der Waals surface area contributed by atoms with Crippen molar-refractivity contribution in [3.8, 4) is 0 Å². The summed E-state index contributed by atoms with van der Waals surface area (Å²) in [7, 11) is 0. The van der Waals surface area contributed by atoms with Crippen molar-refractivity contribution in [3.63, 3.8) is 0 Å². The van der Waals surface area contributed by atoms with E-state index in [-0.39, 0.29) is 0 Å². The highest BCUT2D eigenvalue weighted by Gasteiger charge is 2.25. The normalized spacial score (nSPS) is 36.2. The summed E-state index contributed by atoms with van der Waals surface area (Å²) >= 11 is 2.04. The van der Waals surface area contributed by atoms with Gasteiger partial charge in [-0.2, -0.15) is 11.8 Å². The van der Waals surface area contributed by atoms with Gasteiger partial charge in [0, 0.05) is 24.4 Å². The molecule has 1 N–H and O–H groups in total. The van der Waals surface area contributed by atoms with Gasteiger partial charge in [-0.15, -0.1) is 0 Å². The van der Waals surface area contributed by atoms with Gasteiger partial charge in [-0.3, -0.25) is 0 Å². The Labute approximate surface area is 104 Å². The monoisotopic (exact) mass is 243 g/mol. The fraction of sp³-hybridized carbons (Fsp3) is 1.00. The van der Waals surface area contributed by atoms with E-state index in [2.05, 4.69) is 11.6 Å². The first-order valence-electron chi connectivity index (χ1n) is 6.78. The van der Waals surface area contributed by atoms with E-state index in [1.165, 1.54) is 44.9 Å². The summed E-state index contributed by atoms with van der Waals surface area (Å²) in [6.07, 6.45) is 12.2. The van der Waals surface area contributed by atoms with Gasteiger partial charge in [0.05, 0.1) is 6.10 Å². The van der Waals surface area contributed by atoms with Crippen molar-refractivity contribution in [1.29, 1.82) is 0 Å². The molecule has 3 unspecified atom stereocenters. The van der Waals surface area contributed by atoms with E-state index < -0.39 is 0 Å². The number of rotatable bonds is 4. The quantitative estimate of drug-likeness (QED) is 0.820. The molecule has 1 saturated carbocycles. The number of ether oxygens (including phenoxy) is 1. The second kappa shape index (κ2) is 6.87. The summed E-state index contributed by atoms with van der Waals surface area (Å²) in [5.41, 5.74) is 0. The average molecular weight is 243 g/mol. The third-order valence-electron chi connectivity index (χ3n) is 3.89. The average Bonchev–Trinajstić information content (AvgIpc) is 2.38. The summed E-state index contributed by atoms with van der Waals surface area (Å²) in [4.78, 5) is 0. The van der Waals surface area contributed by atoms with Crippen LogP contribution in [0.1, 0.15) is 44.9 Å². The summed E-state index contributed by atoms with van der Waals surface area (Å²) in [5, 5.41) is 4.58. The van der Waals surface area contributed by atoms with E-state index in [0.717, 1.165) is 24.4 Å². The van der Waals surface area contributed by atoms with E-state index in [1.807, 2.05) is 11.8 Å². The lowest BCUT2D eigenvalue weighted by Gasteiger charge is -2.33. The van der Waals surface area contributed by atoms with Crippen LogP contribution < -0.4 is 5.32 Å². The van der Waals surface area contributed by atoms with Crippen LogP contribution in [0.25, 0.3) is 0 Å². The fourth-order valence-electron chi connectivity index (χ4n) is 2.86. The Morgan fingerprint density at radius 3 is 2.69 bits per heavy atom. The topological polar surface area (TPSA) is 21.3 Å². The van der Waals surface area contributed by atoms with Crippen LogP contribution in [-0.2, 0) is 4.74 Å².